The predicted molar refractivity (Wildman–Crippen MR) is 129 cm³/mol. The molecule has 3 heterocycles. The fourth-order valence-corrected chi connectivity index (χ4v) is 4.84. The summed E-state index contributed by atoms with van der Waals surface area (Å²) in [6, 6.07) is 11.7. The van der Waals surface area contributed by atoms with E-state index in [0.29, 0.717) is 5.56 Å². The van der Waals surface area contributed by atoms with Gasteiger partial charge in [-0.3, -0.25) is 9.52 Å². The van der Waals surface area contributed by atoms with Crippen molar-refractivity contribution in [3.05, 3.63) is 54.2 Å². The van der Waals surface area contributed by atoms with Crippen molar-refractivity contribution < 1.29 is 13.2 Å². The largest absolute Gasteiger partial charge is 0.355 e. The lowest BCUT2D eigenvalue weighted by Crippen LogP contribution is -2.29. The maximum Gasteiger partial charge on any atom is 0.263 e. The summed E-state index contributed by atoms with van der Waals surface area (Å²) in [5, 5.41) is 0.742. The average molecular weight is 472 g/mol. The first-order chi connectivity index (χ1) is 15.4. The standard InChI is InChI=1S/C22H25N5O3S2/c1-26-9-2-10-27(12-11-26)22-8-4-16-13-18(5-6-19(16)24-22)32(29,30)25-21-7-3-17(14-23-21)20(28)15-31/h3-8,13-14,31H,2,9-12,15H2,1H3,(H,23,25). The fourth-order valence-electron chi connectivity index (χ4n) is 3.62. The summed E-state index contributed by atoms with van der Waals surface area (Å²) in [5.74, 6) is 0.930. The van der Waals surface area contributed by atoms with Gasteiger partial charge in [-0.15, -0.1) is 0 Å². The molecule has 3 aromatic rings. The maximum atomic E-state index is 12.8. The second-order valence-corrected chi connectivity index (χ2v) is 9.79. The molecule has 0 amide bonds. The van der Waals surface area contributed by atoms with Gasteiger partial charge in [-0.25, -0.2) is 18.4 Å². The number of nitrogens with one attached hydrogen (secondary N) is 1. The molecule has 10 heteroatoms. The number of pyridine rings is 2. The summed E-state index contributed by atoms with van der Waals surface area (Å²) in [7, 11) is -1.72. The van der Waals surface area contributed by atoms with E-state index in [2.05, 4.69) is 39.2 Å². The van der Waals surface area contributed by atoms with Gasteiger partial charge in [0, 0.05) is 36.8 Å². The highest BCUT2D eigenvalue weighted by Crippen LogP contribution is 2.23. The van der Waals surface area contributed by atoms with Crippen LogP contribution in [0.3, 0.4) is 0 Å². The number of nitrogens with zero attached hydrogens (tertiary/aromatic N) is 4. The molecular formula is C22H25N5O3S2. The molecular weight excluding hydrogens is 446 g/mol. The van der Waals surface area contributed by atoms with E-state index in [4.69, 9.17) is 4.98 Å². The Hall–Kier alpha value is -2.69. The summed E-state index contributed by atoms with van der Waals surface area (Å²) in [6.45, 7) is 3.92. The van der Waals surface area contributed by atoms with Gasteiger partial charge in [-0.1, -0.05) is 0 Å². The summed E-state index contributed by atoms with van der Waals surface area (Å²) < 4.78 is 28.1. The number of hydrogen-bond acceptors (Lipinski definition) is 8. The van der Waals surface area contributed by atoms with Gasteiger partial charge in [-0.05, 0) is 62.5 Å². The van der Waals surface area contributed by atoms with Crippen LogP contribution < -0.4 is 9.62 Å². The molecule has 4 rings (SSSR count). The first-order valence-corrected chi connectivity index (χ1v) is 12.4. The third kappa shape index (κ3) is 5.03. The van der Waals surface area contributed by atoms with E-state index >= 15 is 0 Å². The summed E-state index contributed by atoms with van der Waals surface area (Å²) >= 11 is 3.94. The highest BCUT2D eigenvalue weighted by atomic mass is 32.2. The zero-order valence-electron chi connectivity index (χ0n) is 17.7. The van der Waals surface area contributed by atoms with Gasteiger partial charge in [0.05, 0.1) is 16.2 Å². The molecule has 0 atom stereocenters. The first-order valence-electron chi connectivity index (χ1n) is 10.3. The molecule has 0 radical (unpaired) electrons. The molecule has 1 aliphatic rings. The number of anilines is 2. The number of aromatic nitrogens is 2. The molecule has 8 nitrogen and oxygen atoms in total. The van der Waals surface area contributed by atoms with E-state index < -0.39 is 10.0 Å². The number of fused-ring (bicyclic) bond motifs is 1. The molecule has 0 saturated carbocycles. The van der Waals surface area contributed by atoms with Crippen LogP contribution in [0, 0.1) is 0 Å². The van der Waals surface area contributed by atoms with Crippen molar-refractivity contribution in [2.45, 2.75) is 11.3 Å². The number of benzene rings is 1. The molecule has 0 bridgehead atoms. The number of ketones is 1. The Morgan fingerprint density at radius 2 is 1.94 bits per heavy atom. The molecule has 32 heavy (non-hydrogen) atoms. The number of likely N-dealkylation sites (N-methyl/N-ethyl adjacent to an activating group) is 1. The number of hydrogen-bond donors (Lipinski definition) is 2. The van der Waals surface area contributed by atoms with Gasteiger partial charge >= 0.3 is 0 Å². The van der Waals surface area contributed by atoms with Crippen molar-refractivity contribution in [1.29, 1.82) is 0 Å². The Labute approximate surface area is 193 Å². The van der Waals surface area contributed by atoms with E-state index in [-0.39, 0.29) is 22.2 Å². The monoisotopic (exact) mass is 471 g/mol. The van der Waals surface area contributed by atoms with Crippen LogP contribution in [0.1, 0.15) is 16.8 Å². The molecule has 1 saturated heterocycles. The maximum absolute atomic E-state index is 12.8. The van der Waals surface area contributed by atoms with Crippen LogP contribution >= 0.6 is 12.6 Å². The van der Waals surface area contributed by atoms with Gasteiger partial charge in [0.1, 0.15) is 11.6 Å². The minimum absolute atomic E-state index is 0.0639. The smallest absolute Gasteiger partial charge is 0.263 e. The third-order valence-electron chi connectivity index (χ3n) is 5.47. The molecule has 168 valence electrons. The van der Waals surface area contributed by atoms with Gasteiger partial charge in [0.2, 0.25) is 0 Å². The molecule has 0 unspecified atom stereocenters. The van der Waals surface area contributed by atoms with Crippen molar-refractivity contribution in [1.82, 2.24) is 14.9 Å². The second kappa shape index (κ2) is 9.43. The number of carbonyl (C=O) groups excluding carboxylic acids is 1. The predicted octanol–water partition coefficient (Wildman–Crippen LogP) is 2.69. The van der Waals surface area contributed by atoms with Crippen LogP contribution in [0.2, 0.25) is 0 Å². The molecule has 2 aromatic heterocycles. The van der Waals surface area contributed by atoms with E-state index in [9.17, 15) is 13.2 Å². The Bertz CT molecular complexity index is 1230. The van der Waals surface area contributed by atoms with Crippen LogP contribution in [0.15, 0.2) is 53.6 Å². The molecule has 1 aromatic carbocycles. The van der Waals surface area contributed by atoms with Crippen molar-refractivity contribution in [2.24, 2.45) is 0 Å². The number of carbonyl (C=O) groups is 1. The molecule has 1 fully saturated rings. The molecule has 0 aliphatic carbocycles. The lowest BCUT2D eigenvalue weighted by molar-refractivity contribution is 0.102. The molecule has 0 spiro atoms. The van der Waals surface area contributed by atoms with E-state index in [1.54, 1.807) is 12.1 Å². The second-order valence-electron chi connectivity index (χ2n) is 7.79. The van der Waals surface area contributed by atoms with Gasteiger partial charge < -0.3 is 9.80 Å². The van der Waals surface area contributed by atoms with Crippen LogP contribution in [0.4, 0.5) is 11.6 Å². The molecule has 1 N–H and O–H groups in total. The first kappa shape index (κ1) is 22.5. The minimum Gasteiger partial charge on any atom is -0.355 e. The normalized spacial score (nSPS) is 15.5. The van der Waals surface area contributed by atoms with Crippen LogP contribution in [-0.2, 0) is 10.0 Å². The minimum atomic E-state index is -3.84. The number of rotatable bonds is 6. The van der Waals surface area contributed by atoms with Crippen molar-refractivity contribution in [2.75, 3.05) is 48.6 Å². The average Bonchev–Trinajstić information content (AvgIpc) is 3.02. The quantitative estimate of drug-likeness (QED) is 0.422. The third-order valence-corrected chi connectivity index (χ3v) is 7.11. The Morgan fingerprint density at radius 3 is 2.69 bits per heavy atom. The highest BCUT2D eigenvalue weighted by molar-refractivity contribution is 7.92. The Kier molecular flexibility index (Phi) is 6.63. The SMILES string of the molecule is CN1CCCN(c2ccc3cc(S(=O)(=O)Nc4ccc(C(=O)CS)cn4)ccc3n2)CC1. The lowest BCUT2D eigenvalue weighted by Gasteiger charge is -2.22. The summed E-state index contributed by atoms with van der Waals surface area (Å²) in [6.07, 6.45) is 2.42. The van der Waals surface area contributed by atoms with Crippen LogP contribution in [0.5, 0.6) is 0 Å². The van der Waals surface area contributed by atoms with Gasteiger partial charge in [0.25, 0.3) is 10.0 Å². The zero-order chi connectivity index (χ0) is 22.7. The number of thiol groups is 1. The van der Waals surface area contributed by atoms with Gasteiger partial charge in [-0.2, -0.15) is 12.6 Å². The summed E-state index contributed by atoms with van der Waals surface area (Å²) in [4.78, 5) is 25.1. The Balaban J connectivity index is 1.54. The Morgan fingerprint density at radius 1 is 1.09 bits per heavy atom. The van der Waals surface area contributed by atoms with Crippen molar-refractivity contribution in [3.8, 4) is 0 Å². The zero-order valence-corrected chi connectivity index (χ0v) is 19.4. The lowest BCUT2D eigenvalue weighted by atomic mass is 10.2. The van der Waals surface area contributed by atoms with E-state index in [1.807, 2.05) is 12.1 Å². The number of Topliss-reactive ketones (excluding diaryl/α,β-unsaturated/α-hetero) is 1. The van der Waals surface area contributed by atoms with Crippen molar-refractivity contribution >= 4 is 51.0 Å². The van der Waals surface area contributed by atoms with Crippen molar-refractivity contribution in [3.63, 3.8) is 0 Å². The summed E-state index contributed by atoms with van der Waals surface area (Å²) in [5.41, 5.74) is 1.12. The topological polar surface area (TPSA) is 95.5 Å². The number of sulfonamides is 1. The highest BCUT2D eigenvalue weighted by Gasteiger charge is 2.18. The van der Waals surface area contributed by atoms with E-state index in [0.717, 1.165) is 49.3 Å². The van der Waals surface area contributed by atoms with Crippen LogP contribution in [0.25, 0.3) is 10.9 Å². The van der Waals surface area contributed by atoms with Crippen LogP contribution in [-0.4, -0.2) is 68.0 Å². The van der Waals surface area contributed by atoms with Gasteiger partial charge in [0.15, 0.2) is 5.78 Å². The molecule has 1 aliphatic heterocycles. The van der Waals surface area contributed by atoms with E-state index in [1.165, 1.54) is 24.4 Å². The fraction of sp³-hybridized carbons (Fsp3) is 0.318.